The van der Waals surface area contributed by atoms with Crippen LogP contribution in [0.3, 0.4) is 0 Å². The van der Waals surface area contributed by atoms with Crippen LogP contribution in [0.1, 0.15) is 11.1 Å². The number of nitrogens with one attached hydrogen (secondary N) is 1. The lowest BCUT2D eigenvalue weighted by Crippen LogP contribution is -2.11. The molecule has 0 bridgehead atoms. The van der Waals surface area contributed by atoms with Gasteiger partial charge in [-0.05, 0) is 35.9 Å². The molecule has 21 heavy (non-hydrogen) atoms. The van der Waals surface area contributed by atoms with Gasteiger partial charge in [0.05, 0.1) is 15.6 Å². The molecule has 0 spiro atoms. The number of anilines is 1. The van der Waals surface area contributed by atoms with Gasteiger partial charge in [-0.1, -0.05) is 45.2 Å². The Hall–Kier alpha value is -0.910. The van der Waals surface area contributed by atoms with Crippen LogP contribution in [0.2, 0.25) is 10.0 Å². The zero-order valence-corrected chi connectivity index (χ0v) is 13.5. The number of hydrogen-bond acceptors (Lipinski definition) is 1. The van der Waals surface area contributed by atoms with Gasteiger partial charge in [-0.15, -0.1) is 0 Å². The van der Waals surface area contributed by atoms with E-state index in [1.807, 2.05) is 0 Å². The third kappa shape index (κ3) is 4.28. The van der Waals surface area contributed by atoms with E-state index in [0.29, 0.717) is 14.5 Å². The van der Waals surface area contributed by atoms with Gasteiger partial charge >= 0.3 is 6.18 Å². The predicted octanol–water partition coefficient (Wildman–Crippen LogP) is 6.39. The van der Waals surface area contributed by atoms with Crippen molar-refractivity contribution in [2.24, 2.45) is 0 Å². The molecule has 0 atom stereocenters. The van der Waals surface area contributed by atoms with E-state index in [4.69, 9.17) is 23.2 Å². The first kappa shape index (κ1) is 16.5. The summed E-state index contributed by atoms with van der Waals surface area (Å²) in [6.07, 6.45) is -4.43. The molecule has 0 fully saturated rings. The van der Waals surface area contributed by atoms with Gasteiger partial charge in [0.2, 0.25) is 0 Å². The van der Waals surface area contributed by atoms with Gasteiger partial charge in [-0.3, -0.25) is 0 Å². The third-order valence-corrected chi connectivity index (χ3v) is 3.99. The molecule has 0 aliphatic rings. The number of alkyl halides is 3. The van der Waals surface area contributed by atoms with E-state index in [1.165, 1.54) is 6.07 Å². The molecule has 0 saturated heterocycles. The fourth-order valence-corrected chi connectivity index (χ4v) is 2.43. The Morgan fingerprint density at radius 2 is 1.71 bits per heavy atom. The lowest BCUT2D eigenvalue weighted by molar-refractivity contribution is -0.137. The fourth-order valence-electron chi connectivity index (χ4n) is 1.75. The Kier molecular flexibility index (Phi) is 5.07. The van der Waals surface area contributed by atoms with Crippen molar-refractivity contribution in [3.63, 3.8) is 0 Å². The second-order valence-electron chi connectivity index (χ2n) is 4.29. The molecule has 0 aliphatic heterocycles. The maximum absolute atomic E-state index is 13.0. The molecule has 0 saturated carbocycles. The van der Waals surface area contributed by atoms with Gasteiger partial charge in [0.15, 0.2) is 0 Å². The Morgan fingerprint density at radius 1 is 1.00 bits per heavy atom. The normalized spacial score (nSPS) is 11.5. The zero-order valence-electron chi connectivity index (χ0n) is 10.4. The largest absolute Gasteiger partial charge is 0.418 e. The van der Waals surface area contributed by atoms with Crippen LogP contribution in [0.4, 0.5) is 18.9 Å². The van der Waals surface area contributed by atoms with E-state index < -0.39 is 11.7 Å². The van der Waals surface area contributed by atoms with Crippen molar-refractivity contribution >= 4 is 44.8 Å². The number of rotatable bonds is 3. The zero-order chi connectivity index (χ0) is 15.6. The van der Waals surface area contributed by atoms with Crippen molar-refractivity contribution < 1.29 is 13.2 Å². The lowest BCUT2D eigenvalue weighted by atomic mass is 10.1. The SMILES string of the molecule is FC(F)(F)c1cc(Br)ccc1NCc1ccc(Cl)c(Cl)c1. The van der Waals surface area contributed by atoms with E-state index in [0.717, 1.165) is 11.6 Å². The molecule has 2 aromatic carbocycles. The minimum Gasteiger partial charge on any atom is -0.380 e. The van der Waals surface area contributed by atoms with Gasteiger partial charge in [0.25, 0.3) is 0 Å². The molecule has 2 aromatic rings. The standard InChI is InChI=1S/C14H9BrCl2F3N/c15-9-2-4-13(10(6-9)14(18,19)20)21-7-8-1-3-11(16)12(17)5-8/h1-6,21H,7H2. The first-order chi connectivity index (χ1) is 9.77. The van der Waals surface area contributed by atoms with Crippen LogP contribution in [0.25, 0.3) is 0 Å². The van der Waals surface area contributed by atoms with Crippen LogP contribution in [0.5, 0.6) is 0 Å². The maximum Gasteiger partial charge on any atom is 0.418 e. The fraction of sp³-hybridized carbons (Fsp3) is 0.143. The Bertz CT molecular complexity index is 659. The molecular formula is C14H9BrCl2F3N. The van der Waals surface area contributed by atoms with Crippen molar-refractivity contribution in [1.29, 1.82) is 0 Å². The van der Waals surface area contributed by atoms with Gasteiger partial charge in [0, 0.05) is 16.7 Å². The second-order valence-corrected chi connectivity index (χ2v) is 6.02. The molecule has 7 heteroatoms. The summed E-state index contributed by atoms with van der Waals surface area (Å²) in [5.41, 5.74) is 0.0224. The van der Waals surface area contributed by atoms with E-state index in [-0.39, 0.29) is 12.2 Å². The summed E-state index contributed by atoms with van der Waals surface area (Å²) in [6.45, 7) is 0.210. The van der Waals surface area contributed by atoms with Gasteiger partial charge in [-0.25, -0.2) is 0 Å². The highest BCUT2D eigenvalue weighted by Gasteiger charge is 2.33. The highest BCUT2D eigenvalue weighted by Crippen LogP contribution is 2.36. The van der Waals surface area contributed by atoms with Crippen molar-refractivity contribution in [1.82, 2.24) is 0 Å². The van der Waals surface area contributed by atoms with Crippen LogP contribution < -0.4 is 5.32 Å². The maximum atomic E-state index is 13.0. The highest BCUT2D eigenvalue weighted by atomic mass is 79.9. The first-order valence-electron chi connectivity index (χ1n) is 5.82. The molecule has 0 aliphatic carbocycles. The minimum atomic E-state index is -4.43. The average Bonchev–Trinajstić information content (AvgIpc) is 2.40. The average molecular weight is 399 g/mol. The van der Waals surface area contributed by atoms with Crippen LogP contribution in [0, 0.1) is 0 Å². The number of halogens is 6. The summed E-state index contributed by atoms with van der Waals surface area (Å²) in [4.78, 5) is 0. The van der Waals surface area contributed by atoms with Crippen LogP contribution in [-0.2, 0) is 12.7 Å². The van der Waals surface area contributed by atoms with Crippen LogP contribution >= 0.6 is 39.1 Å². The Balaban J connectivity index is 2.22. The molecule has 0 heterocycles. The minimum absolute atomic E-state index is 0.0109. The highest BCUT2D eigenvalue weighted by molar-refractivity contribution is 9.10. The summed E-state index contributed by atoms with van der Waals surface area (Å²) in [5.74, 6) is 0. The molecule has 0 radical (unpaired) electrons. The molecule has 0 unspecified atom stereocenters. The second kappa shape index (κ2) is 6.46. The lowest BCUT2D eigenvalue weighted by Gasteiger charge is -2.15. The molecule has 112 valence electrons. The van der Waals surface area contributed by atoms with Crippen molar-refractivity contribution in [2.75, 3.05) is 5.32 Å². The van der Waals surface area contributed by atoms with Gasteiger partial charge in [-0.2, -0.15) is 13.2 Å². The molecule has 0 aromatic heterocycles. The predicted molar refractivity (Wildman–Crippen MR) is 82.9 cm³/mol. The molecule has 1 nitrogen and oxygen atoms in total. The number of benzene rings is 2. The summed E-state index contributed by atoms with van der Waals surface area (Å²) in [5, 5.41) is 3.53. The summed E-state index contributed by atoms with van der Waals surface area (Å²) >= 11 is 14.7. The molecule has 1 N–H and O–H groups in total. The summed E-state index contributed by atoms with van der Waals surface area (Å²) in [6, 6.07) is 8.89. The molecule has 0 amide bonds. The van der Waals surface area contributed by atoms with E-state index in [9.17, 15) is 13.2 Å². The van der Waals surface area contributed by atoms with Gasteiger partial charge in [0.1, 0.15) is 0 Å². The molecular weight excluding hydrogens is 390 g/mol. The number of hydrogen-bond donors (Lipinski definition) is 1. The summed E-state index contributed by atoms with van der Waals surface area (Å²) in [7, 11) is 0. The Labute approximate surface area is 138 Å². The monoisotopic (exact) mass is 397 g/mol. The van der Waals surface area contributed by atoms with Crippen LogP contribution in [-0.4, -0.2) is 0 Å². The quantitative estimate of drug-likeness (QED) is 0.631. The van der Waals surface area contributed by atoms with E-state index in [2.05, 4.69) is 21.2 Å². The van der Waals surface area contributed by atoms with Crippen molar-refractivity contribution in [3.05, 3.63) is 62.0 Å². The van der Waals surface area contributed by atoms with E-state index in [1.54, 1.807) is 24.3 Å². The summed E-state index contributed by atoms with van der Waals surface area (Å²) < 4.78 is 39.3. The smallest absolute Gasteiger partial charge is 0.380 e. The van der Waals surface area contributed by atoms with Crippen LogP contribution in [0.15, 0.2) is 40.9 Å². The Morgan fingerprint density at radius 3 is 2.33 bits per heavy atom. The van der Waals surface area contributed by atoms with Gasteiger partial charge < -0.3 is 5.32 Å². The van der Waals surface area contributed by atoms with Crippen molar-refractivity contribution in [3.8, 4) is 0 Å². The third-order valence-electron chi connectivity index (χ3n) is 2.75. The van der Waals surface area contributed by atoms with Crippen molar-refractivity contribution in [2.45, 2.75) is 12.7 Å². The topological polar surface area (TPSA) is 12.0 Å². The van der Waals surface area contributed by atoms with E-state index >= 15 is 0 Å². The first-order valence-corrected chi connectivity index (χ1v) is 7.37. The molecule has 2 rings (SSSR count).